The molecule has 1 heterocycles. The molecule has 0 bridgehead atoms. The van der Waals surface area contributed by atoms with Gasteiger partial charge in [-0.25, -0.2) is 0 Å². The fourth-order valence-electron chi connectivity index (χ4n) is 0.483. The Morgan fingerprint density at radius 2 is 1.88 bits per heavy atom. The van der Waals surface area contributed by atoms with Gasteiger partial charge in [0.05, 0.1) is 4.48 Å². The minimum Gasteiger partial charge on any atom is -0.0393 e. The number of hydrogen-bond donors (Lipinski definition) is 0. The first-order valence-corrected chi connectivity index (χ1v) is 2.43. The summed E-state index contributed by atoms with van der Waals surface area (Å²) >= 11 is 0. The van der Waals surface area contributed by atoms with Gasteiger partial charge in [-0.3, -0.25) is 0 Å². The van der Waals surface area contributed by atoms with Crippen molar-refractivity contribution in [2.24, 2.45) is 0 Å². The topological polar surface area (TPSA) is 3.88 Å². The second-order valence-corrected chi connectivity index (χ2v) is 1.72. The van der Waals surface area contributed by atoms with Gasteiger partial charge in [0.25, 0.3) is 0 Å². The second kappa shape index (κ2) is 1.90. The third-order valence-electron chi connectivity index (χ3n) is 0.960. The monoisotopic (exact) mass is 112 g/mol. The van der Waals surface area contributed by atoms with Gasteiger partial charge in [-0.05, 0) is 12.5 Å². The van der Waals surface area contributed by atoms with E-state index in [0.717, 1.165) is 5.56 Å². The Kier molecular flexibility index (Phi) is 1.24. The Morgan fingerprint density at radius 1 is 1.38 bits per heavy atom. The van der Waals surface area contributed by atoms with E-state index < -0.39 is 0 Å². The van der Waals surface area contributed by atoms with Gasteiger partial charge in [-0.15, -0.1) is 0 Å². The summed E-state index contributed by atoms with van der Waals surface area (Å²) in [6, 6.07) is 3.42. The normalized spacial score (nSPS) is 9.25. The van der Waals surface area contributed by atoms with Gasteiger partial charge in [0.15, 0.2) is 0 Å². The minimum absolute atomic E-state index is 0.521. The van der Waals surface area contributed by atoms with Crippen LogP contribution in [0.5, 0.6) is 0 Å². The van der Waals surface area contributed by atoms with E-state index in [1.165, 1.54) is 12.4 Å². The lowest BCUT2D eigenvalue weighted by Gasteiger charge is -1.79. The van der Waals surface area contributed by atoms with Crippen LogP contribution in [0, 0.1) is 6.92 Å². The number of nitrogens with zero attached hydrogens (tertiary/aromatic N) is 1. The van der Waals surface area contributed by atoms with Crippen LogP contribution in [-0.2, 0) is 0 Å². The molecular weight excluding hydrogens is 105 g/mol. The molecule has 0 amide bonds. The first-order valence-electron chi connectivity index (χ1n) is 2.43. The van der Waals surface area contributed by atoms with Gasteiger partial charge in [0, 0.05) is 16.9 Å². The lowest BCUT2D eigenvalue weighted by atomic mass is 10.3. The smallest absolute Gasteiger partial charge is 0.0393 e. The summed E-state index contributed by atoms with van der Waals surface area (Å²) in [6.07, 6.45) is 2.74. The molecule has 1 rings (SSSR count). The molecule has 0 unspecified atom stereocenters. The molecule has 0 radical (unpaired) electrons. The molecule has 0 aliphatic carbocycles. The highest BCUT2D eigenvalue weighted by Gasteiger charge is 1.91. The summed E-state index contributed by atoms with van der Waals surface area (Å²) in [5.74, 6) is 0. The van der Waals surface area contributed by atoms with E-state index in [-0.39, 0.29) is 0 Å². The van der Waals surface area contributed by atoms with Gasteiger partial charge in [0.1, 0.15) is 0 Å². The molecule has 0 N–H and O–H groups in total. The van der Waals surface area contributed by atoms with Crippen LogP contribution in [-0.4, -0.2) is 0 Å². The average molecular weight is 112 g/mol. The molecule has 0 spiro atoms. The van der Waals surface area contributed by atoms with Crippen LogP contribution in [0.1, 0.15) is 5.56 Å². The largest absolute Gasteiger partial charge is 0.218 e. The predicted molar refractivity (Wildman–Crippen MR) is 27.9 cm³/mol. The molecule has 1 aromatic heterocycles. The maximum atomic E-state index is 12.0. The van der Waals surface area contributed by atoms with Crippen LogP contribution < -0.4 is 4.79 Å². The zero-order valence-electron chi connectivity index (χ0n) is 4.63. The number of aryl methyl sites for hydroxylation is 1. The highest BCUT2D eigenvalue weighted by atomic mass is 19.2. The molecule has 1 nitrogen and oxygen atoms in total. The number of rotatable bonds is 0. The van der Waals surface area contributed by atoms with Crippen LogP contribution >= 0.6 is 0 Å². The predicted octanol–water partition coefficient (Wildman–Crippen LogP) is 1.02. The SMILES string of the molecule is Cc1cc[n+](F)cc1. The maximum absolute atomic E-state index is 12.0. The summed E-state index contributed by atoms with van der Waals surface area (Å²) in [5, 5.41) is 0. The van der Waals surface area contributed by atoms with Crippen molar-refractivity contribution in [2.45, 2.75) is 6.92 Å². The molecule has 0 aliphatic rings. The molecule has 8 heavy (non-hydrogen) atoms. The Balaban J connectivity index is 3.03. The standard InChI is InChI=1S/C6H7FN/c1-6-2-4-8(7)5-3-6/h2-5H,1H3/q+1. The van der Waals surface area contributed by atoms with Crippen molar-refractivity contribution < 1.29 is 9.27 Å². The number of halogens is 1. The van der Waals surface area contributed by atoms with Gasteiger partial charge < -0.3 is 0 Å². The molecule has 0 atom stereocenters. The number of pyridine rings is 1. The van der Waals surface area contributed by atoms with Crippen LogP contribution in [0.25, 0.3) is 0 Å². The van der Waals surface area contributed by atoms with Crippen molar-refractivity contribution in [1.29, 1.82) is 0 Å². The van der Waals surface area contributed by atoms with Crippen LogP contribution in [0.4, 0.5) is 4.48 Å². The minimum atomic E-state index is 0.521. The van der Waals surface area contributed by atoms with Crippen LogP contribution in [0.3, 0.4) is 0 Å². The maximum Gasteiger partial charge on any atom is 0.218 e. The summed E-state index contributed by atoms with van der Waals surface area (Å²) in [5.41, 5.74) is 1.07. The first kappa shape index (κ1) is 5.22. The molecule has 0 saturated carbocycles. The van der Waals surface area contributed by atoms with Crippen LogP contribution in [0.2, 0.25) is 0 Å². The lowest BCUT2D eigenvalue weighted by Crippen LogP contribution is -2.19. The van der Waals surface area contributed by atoms with E-state index in [9.17, 15) is 4.48 Å². The second-order valence-electron chi connectivity index (χ2n) is 1.72. The molecule has 1 aromatic rings. The molecule has 0 saturated heterocycles. The Hall–Kier alpha value is -0.920. The Labute approximate surface area is 47.3 Å². The fraction of sp³-hybridized carbons (Fsp3) is 0.167. The van der Waals surface area contributed by atoms with E-state index in [4.69, 9.17) is 0 Å². The van der Waals surface area contributed by atoms with Crippen molar-refractivity contribution in [1.82, 2.24) is 0 Å². The van der Waals surface area contributed by atoms with Gasteiger partial charge in [0.2, 0.25) is 12.4 Å². The van der Waals surface area contributed by atoms with E-state index in [0.29, 0.717) is 4.79 Å². The fourth-order valence-corrected chi connectivity index (χ4v) is 0.483. The van der Waals surface area contributed by atoms with Crippen molar-refractivity contribution >= 4 is 0 Å². The highest BCUT2D eigenvalue weighted by molar-refractivity contribution is 5.02. The third kappa shape index (κ3) is 1.03. The number of aromatic nitrogens is 1. The van der Waals surface area contributed by atoms with Crippen molar-refractivity contribution in [2.75, 3.05) is 0 Å². The Bertz CT molecular complexity index is 147. The van der Waals surface area contributed by atoms with Crippen LogP contribution in [0.15, 0.2) is 24.5 Å². The van der Waals surface area contributed by atoms with E-state index in [1.54, 1.807) is 12.1 Å². The van der Waals surface area contributed by atoms with E-state index >= 15 is 0 Å². The van der Waals surface area contributed by atoms with Crippen molar-refractivity contribution in [3.05, 3.63) is 30.1 Å². The molecule has 0 fully saturated rings. The Morgan fingerprint density at radius 3 is 2.25 bits per heavy atom. The summed E-state index contributed by atoms with van der Waals surface area (Å²) in [7, 11) is 0. The zero-order valence-corrected chi connectivity index (χ0v) is 4.63. The quantitative estimate of drug-likeness (QED) is 0.471. The van der Waals surface area contributed by atoms with E-state index in [2.05, 4.69) is 0 Å². The number of hydrogen-bond acceptors (Lipinski definition) is 0. The molecule has 2 heteroatoms. The molecule has 0 aliphatic heterocycles. The molecule has 42 valence electrons. The lowest BCUT2D eigenvalue weighted by molar-refractivity contribution is -0.843. The third-order valence-corrected chi connectivity index (χ3v) is 0.960. The van der Waals surface area contributed by atoms with Gasteiger partial charge >= 0.3 is 0 Å². The summed E-state index contributed by atoms with van der Waals surface area (Å²) < 4.78 is 12.0. The zero-order chi connectivity index (χ0) is 5.98. The van der Waals surface area contributed by atoms with Crippen molar-refractivity contribution in [3.63, 3.8) is 0 Å². The summed E-state index contributed by atoms with van der Waals surface area (Å²) in [6.45, 7) is 1.92. The van der Waals surface area contributed by atoms with Gasteiger partial charge in [-0.1, -0.05) is 0 Å². The molecule has 0 aromatic carbocycles. The van der Waals surface area contributed by atoms with E-state index in [1.807, 2.05) is 6.92 Å². The first-order chi connectivity index (χ1) is 3.79. The van der Waals surface area contributed by atoms with Crippen molar-refractivity contribution in [3.8, 4) is 0 Å². The summed E-state index contributed by atoms with van der Waals surface area (Å²) in [4.78, 5) is 0.521. The molecular formula is C6H7FN+. The average Bonchev–Trinajstić information content (AvgIpc) is 1.77. The highest BCUT2D eigenvalue weighted by Crippen LogP contribution is 1.88. The van der Waals surface area contributed by atoms with Gasteiger partial charge in [-0.2, -0.15) is 0 Å².